The number of hydrogen-bond donors (Lipinski definition) is 0. The molecule has 0 fully saturated rings. The molecule has 2 nitrogen and oxygen atoms in total. The molecule has 0 amide bonds. The lowest BCUT2D eigenvalue weighted by molar-refractivity contribution is 0.559. The predicted octanol–water partition coefficient (Wildman–Crippen LogP) is 18.0. The first-order valence-corrected chi connectivity index (χ1v) is 24.2. The summed E-state index contributed by atoms with van der Waals surface area (Å²) in [6.07, 6.45) is 0. The van der Waals surface area contributed by atoms with Crippen LogP contribution in [0.25, 0.3) is 55.3 Å². The van der Waals surface area contributed by atoms with E-state index in [2.05, 4.69) is 260 Å². The maximum atomic E-state index is 7.00. The molecular formula is C66H57NO. The molecule has 0 unspecified atom stereocenters. The third kappa shape index (κ3) is 6.30. The Morgan fingerprint density at radius 1 is 0.397 bits per heavy atom. The van der Waals surface area contributed by atoms with Crippen molar-refractivity contribution < 1.29 is 4.42 Å². The van der Waals surface area contributed by atoms with Crippen LogP contribution in [0.15, 0.2) is 205 Å². The molecule has 2 aliphatic carbocycles. The summed E-state index contributed by atoms with van der Waals surface area (Å²) in [6, 6.07) is 74.8. The molecule has 12 rings (SSSR count). The van der Waals surface area contributed by atoms with Crippen molar-refractivity contribution in [3.05, 3.63) is 245 Å². The summed E-state index contributed by atoms with van der Waals surface area (Å²) in [4.78, 5) is 2.46. The summed E-state index contributed by atoms with van der Waals surface area (Å²) in [5.41, 5.74) is 22.2. The van der Waals surface area contributed by atoms with Crippen molar-refractivity contribution in [3.63, 3.8) is 0 Å². The van der Waals surface area contributed by atoms with E-state index in [1.54, 1.807) is 0 Å². The highest BCUT2D eigenvalue weighted by molar-refractivity contribution is 6.09. The van der Waals surface area contributed by atoms with Gasteiger partial charge in [-0.05, 0) is 138 Å². The average Bonchev–Trinajstić information content (AvgIpc) is 3.94. The molecule has 0 spiro atoms. The van der Waals surface area contributed by atoms with E-state index in [4.69, 9.17) is 4.42 Å². The van der Waals surface area contributed by atoms with Crippen LogP contribution in [-0.2, 0) is 21.7 Å². The van der Waals surface area contributed by atoms with Crippen molar-refractivity contribution in [2.45, 2.75) is 77.0 Å². The molecule has 0 radical (unpaired) electrons. The number of anilines is 3. The number of rotatable bonds is 6. The summed E-state index contributed by atoms with van der Waals surface area (Å²) >= 11 is 0. The standard InChI is InChI=1S/C66H57NO/c1-63(2,3)46-37-55-54-40-59-53(41-61(54)68-62(55)60(38-46)64(4,5)6)52-39-49(34-35-56(52)65(59,7)8)67(47-32-30-43(31-33-47)42-20-11-9-12-21-42)48-25-19-24-45(36-48)66(44-22-13-10-14-23-44)57-28-17-15-26-50(57)51-27-16-18-29-58(51)66/h9-41H,1-8H3. The van der Waals surface area contributed by atoms with Crippen LogP contribution in [0.4, 0.5) is 17.1 Å². The summed E-state index contributed by atoms with van der Waals surface area (Å²) in [7, 11) is 0. The van der Waals surface area contributed by atoms with Crippen LogP contribution in [0.1, 0.15) is 99.9 Å². The van der Waals surface area contributed by atoms with Gasteiger partial charge in [-0.15, -0.1) is 0 Å². The van der Waals surface area contributed by atoms with E-state index in [1.807, 2.05) is 0 Å². The van der Waals surface area contributed by atoms with E-state index in [0.717, 1.165) is 28.2 Å². The number of nitrogens with zero attached hydrogens (tertiary/aromatic N) is 1. The fraction of sp³-hybridized carbons (Fsp3) is 0.182. The monoisotopic (exact) mass is 879 g/mol. The van der Waals surface area contributed by atoms with Gasteiger partial charge in [0.1, 0.15) is 11.2 Å². The van der Waals surface area contributed by atoms with Crippen molar-refractivity contribution in [1.29, 1.82) is 0 Å². The smallest absolute Gasteiger partial charge is 0.139 e. The Balaban J connectivity index is 1.07. The molecule has 0 bridgehead atoms. The number of hydrogen-bond acceptors (Lipinski definition) is 2. The second kappa shape index (κ2) is 15.0. The van der Waals surface area contributed by atoms with Gasteiger partial charge in [0.25, 0.3) is 0 Å². The van der Waals surface area contributed by atoms with Gasteiger partial charge in [-0.1, -0.05) is 201 Å². The molecule has 9 aromatic carbocycles. The van der Waals surface area contributed by atoms with Gasteiger partial charge in [0.2, 0.25) is 0 Å². The maximum absolute atomic E-state index is 7.00. The maximum Gasteiger partial charge on any atom is 0.139 e. The fourth-order valence-corrected chi connectivity index (χ4v) is 11.7. The number of benzene rings is 9. The highest BCUT2D eigenvalue weighted by atomic mass is 16.3. The van der Waals surface area contributed by atoms with Gasteiger partial charge in [-0.25, -0.2) is 0 Å². The zero-order chi connectivity index (χ0) is 46.7. The lowest BCUT2D eigenvalue weighted by Gasteiger charge is -2.35. The molecule has 2 heteroatoms. The first kappa shape index (κ1) is 42.0. The van der Waals surface area contributed by atoms with Crippen LogP contribution in [0.5, 0.6) is 0 Å². The van der Waals surface area contributed by atoms with E-state index in [0.29, 0.717) is 0 Å². The van der Waals surface area contributed by atoms with E-state index >= 15 is 0 Å². The highest BCUT2D eigenvalue weighted by Gasteiger charge is 2.46. The van der Waals surface area contributed by atoms with E-state index in [-0.39, 0.29) is 16.2 Å². The Hall–Kier alpha value is -7.42. The largest absolute Gasteiger partial charge is 0.456 e. The van der Waals surface area contributed by atoms with Gasteiger partial charge in [0.15, 0.2) is 0 Å². The molecule has 0 aliphatic heterocycles. The van der Waals surface area contributed by atoms with E-state index in [1.165, 1.54) is 88.7 Å². The zero-order valence-corrected chi connectivity index (χ0v) is 40.4. The molecular weight excluding hydrogens is 823 g/mol. The highest BCUT2D eigenvalue weighted by Crippen LogP contribution is 2.57. The molecule has 0 N–H and O–H groups in total. The first-order chi connectivity index (χ1) is 32.7. The van der Waals surface area contributed by atoms with Crippen LogP contribution < -0.4 is 4.90 Å². The summed E-state index contributed by atoms with van der Waals surface area (Å²) in [5.74, 6) is 0. The second-order valence-electron chi connectivity index (χ2n) is 21.8. The van der Waals surface area contributed by atoms with Gasteiger partial charge < -0.3 is 9.32 Å². The fourth-order valence-electron chi connectivity index (χ4n) is 11.7. The lowest BCUT2D eigenvalue weighted by Crippen LogP contribution is -2.28. The Morgan fingerprint density at radius 3 is 1.63 bits per heavy atom. The van der Waals surface area contributed by atoms with E-state index in [9.17, 15) is 0 Å². The Bertz CT molecular complexity index is 3550. The SMILES string of the molecule is CC(C)(C)c1cc(C(C)(C)C)c2oc3cc4c(cc3c2c1)C(C)(C)c1ccc(N(c2ccc(-c3ccccc3)cc2)c2cccc(C3(c5ccccc5)c5ccccc5-c5ccccc53)c2)cc1-4. The molecule has 1 aromatic heterocycles. The average molecular weight is 880 g/mol. The van der Waals surface area contributed by atoms with E-state index < -0.39 is 5.41 Å². The second-order valence-corrected chi connectivity index (χ2v) is 21.8. The molecule has 2 aliphatic rings. The van der Waals surface area contributed by atoms with Gasteiger partial charge >= 0.3 is 0 Å². The Morgan fingerprint density at radius 2 is 0.971 bits per heavy atom. The number of furan rings is 1. The van der Waals surface area contributed by atoms with Crippen LogP contribution in [-0.4, -0.2) is 0 Å². The van der Waals surface area contributed by atoms with Gasteiger partial charge in [-0.3, -0.25) is 0 Å². The summed E-state index contributed by atoms with van der Waals surface area (Å²) < 4.78 is 7.00. The first-order valence-electron chi connectivity index (χ1n) is 24.2. The van der Waals surface area contributed by atoms with Crippen LogP contribution in [0, 0.1) is 0 Å². The summed E-state index contributed by atoms with van der Waals surface area (Å²) in [5, 5.41) is 2.40. The van der Waals surface area contributed by atoms with Crippen LogP contribution >= 0.6 is 0 Å². The van der Waals surface area contributed by atoms with Crippen molar-refractivity contribution in [2.75, 3.05) is 4.90 Å². The molecule has 1 heterocycles. The minimum Gasteiger partial charge on any atom is -0.456 e. The molecule has 0 atom stereocenters. The number of fused-ring (bicyclic) bond motifs is 9. The topological polar surface area (TPSA) is 16.4 Å². The quantitative estimate of drug-likeness (QED) is 0.165. The molecule has 0 saturated heterocycles. The van der Waals surface area contributed by atoms with Crippen molar-refractivity contribution in [3.8, 4) is 33.4 Å². The third-order valence-corrected chi connectivity index (χ3v) is 15.2. The van der Waals surface area contributed by atoms with Crippen molar-refractivity contribution in [1.82, 2.24) is 0 Å². The predicted molar refractivity (Wildman–Crippen MR) is 286 cm³/mol. The van der Waals surface area contributed by atoms with Gasteiger partial charge in [0.05, 0.1) is 5.41 Å². The molecule has 10 aromatic rings. The zero-order valence-electron chi connectivity index (χ0n) is 40.4. The Kier molecular flexibility index (Phi) is 9.29. The molecule has 68 heavy (non-hydrogen) atoms. The Labute approximate surface area is 401 Å². The lowest BCUT2D eigenvalue weighted by atomic mass is 9.67. The van der Waals surface area contributed by atoms with Crippen LogP contribution in [0.2, 0.25) is 0 Å². The third-order valence-electron chi connectivity index (χ3n) is 15.2. The summed E-state index contributed by atoms with van der Waals surface area (Å²) in [6.45, 7) is 18.6. The van der Waals surface area contributed by atoms with Crippen molar-refractivity contribution in [2.24, 2.45) is 0 Å². The van der Waals surface area contributed by atoms with Gasteiger partial charge in [0, 0.05) is 38.8 Å². The normalized spacial score (nSPS) is 14.4. The molecule has 332 valence electrons. The van der Waals surface area contributed by atoms with Crippen LogP contribution in [0.3, 0.4) is 0 Å². The van der Waals surface area contributed by atoms with Gasteiger partial charge in [-0.2, -0.15) is 0 Å². The minimum atomic E-state index is -0.521. The minimum absolute atomic E-state index is 0.00187. The molecule has 0 saturated carbocycles. The van der Waals surface area contributed by atoms with Crippen molar-refractivity contribution >= 4 is 39.0 Å².